The zero-order valence-corrected chi connectivity index (χ0v) is 27.2. The van der Waals surface area contributed by atoms with Gasteiger partial charge in [0.25, 0.3) is 11.5 Å². The van der Waals surface area contributed by atoms with Crippen molar-refractivity contribution in [1.82, 2.24) is 9.58 Å². The highest BCUT2D eigenvalue weighted by Crippen LogP contribution is 2.27. The van der Waals surface area contributed by atoms with Crippen molar-refractivity contribution in [2.45, 2.75) is 106 Å². The highest BCUT2D eigenvalue weighted by Gasteiger charge is 2.23. The Morgan fingerprint density at radius 2 is 1.51 bits per heavy atom. The van der Waals surface area contributed by atoms with Crippen LogP contribution in [0.4, 0.5) is 11.4 Å². The molecule has 0 bridgehead atoms. The summed E-state index contributed by atoms with van der Waals surface area (Å²) >= 11 is 0. The Morgan fingerprint density at radius 1 is 0.953 bits per heavy atom. The standard InChI is InChI=1S/C34H52N6O3/c1-7-12-15-26(10-4)23-39(24-27(11-5)16-13-8-2)32(41)28-17-19-29(20-18-28)37-38-31-25(6)30(22-35)33(42)40(34(31)43)36-21-14-9-3/h17-20,26-27,36,42H,7-16,21,23-24H2,1-6H3. The Balaban J connectivity index is 2.33. The highest BCUT2D eigenvalue weighted by molar-refractivity contribution is 5.94. The molecule has 2 atom stereocenters. The molecule has 43 heavy (non-hydrogen) atoms. The van der Waals surface area contributed by atoms with Crippen LogP contribution in [-0.2, 0) is 0 Å². The average molecular weight is 593 g/mol. The molecule has 2 rings (SSSR count). The van der Waals surface area contributed by atoms with E-state index in [1.54, 1.807) is 31.2 Å². The van der Waals surface area contributed by atoms with Crippen molar-refractivity contribution in [3.8, 4) is 11.9 Å². The van der Waals surface area contributed by atoms with E-state index in [2.05, 4.69) is 48.2 Å². The number of nitrogens with one attached hydrogen (secondary N) is 1. The summed E-state index contributed by atoms with van der Waals surface area (Å²) < 4.78 is 0.958. The predicted octanol–water partition coefficient (Wildman–Crippen LogP) is 8.37. The lowest BCUT2D eigenvalue weighted by molar-refractivity contribution is 0.0685. The number of aromatic nitrogens is 1. The van der Waals surface area contributed by atoms with Gasteiger partial charge in [-0.1, -0.05) is 79.6 Å². The summed E-state index contributed by atoms with van der Waals surface area (Å²) in [4.78, 5) is 28.9. The van der Waals surface area contributed by atoms with Crippen molar-refractivity contribution >= 4 is 17.3 Å². The number of azo groups is 1. The Hall–Kier alpha value is -3.67. The normalized spacial score (nSPS) is 12.7. The molecular weight excluding hydrogens is 540 g/mol. The average Bonchev–Trinajstić information content (AvgIpc) is 3.02. The van der Waals surface area contributed by atoms with E-state index < -0.39 is 11.4 Å². The molecule has 1 amide bonds. The van der Waals surface area contributed by atoms with Crippen LogP contribution in [0.2, 0.25) is 0 Å². The lowest BCUT2D eigenvalue weighted by Gasteiger charge is -2.31. The third kappa shape index (κ3) is 10.2. The van der Waals surface area contributed by atoms with E-state index in [9.17, 15) is 20.0 Å². The molecule has 0 saturated heterocycles. The monoisotopic (exact) mass is 592 g/mol. The first-order valence-electron chi connectivity index (χ1n) is 16.2. The van der Waals surface area contributed by atoms with Crippen LogP contribution in [0.15, 0.2) is 39.3 Å². The molecule has 0 aliphatic heterocycles. The maximum atomic E-state index is 13.8. The zero-order valence-electron chi connectivity index (χ0n) is 27.2. The number of aromatic hydroxyl groups is 1. The lowest BCUT2D eigenvalue weighted by Crippen LogP contribution is -2.39. The van der Waals surface area contributed by atoms with Crippen LogP contribution in [0.3, 0.4) is 0 Å². The molecule has 9 nitrogen and oxygen atoms in total. The summed E-state index contributed by atoms with van der Waals surface area (Å²) in [5.74, 6) is 0.552. The molecule has 2 unspecified atom stereocenters. The van der Waals surface area contributed by atoms with E-state index >= 15 is 0 Å². The SMILES string of the molecule is CCCCNn1c(O)c(C#N)c(C)c(N=Nc2ccc(C(=O)N(CC(CC)CCCC)CC(CC)CCCC)cc2)c1=O. The molecule has 0 aliphatic carbocycles. The number of carbonyl (C=O) groups is 1. The molecule has 2 aromatic rings. The van der Waals surface area contributed by atoms with E-state index in [4.69, 9.17) is 0 Å². The van der Waals surface area contributed by atoms with Gasteiger partial charge in [-0.25, -0.2) is 0 Å². The van der Waals surface area contributed by atoms with Gasteiger partial charge >= 0.3 is 0 Å². The second kappa shape index (κ2) is 18.8. The minimum atomic E-state index is -0.585. The second-order valence-electron chi connectivity index (χ2n) is 11.5. The van der Waals surface area contributed by atoms with E-state index in [1.165, 1.54) is 12.8 Å². The van der Waals surface area contributed by atoms with Crippen molar-refractivity contribution in [1.29, 1.82) is 5.26 Å². The number of nitriles is 1. The number of benzene rings is 1. The maximum absolute atomic E-state index is 13.8. The van der Waals surface area contributed by atoms with Gasteiger partial charge in [0.15, 0.2) is 5.69 Å². The number of carbonyl (C=O) groups excluding carboxylic acids is 1. The van der Waals surface area contributed by atoms with Crippen LogP contribution >= 0.6 is 0 Å². The van der Waals surface area contributed by atoms with E-state index in [1.807, 2.05) is 13.0 Å². The summed E-state index contributed by atoms with van der Waals surface area (Å²) in [5.41, 5.74) is 3.55. The summed E-state index contributed by atoms with van der Waals surface area (Å²) in [6, 6.07) is 8.92. The summed E-state index contributed by atoms with van der Waals surface area (Å²) in [7, 11) is 0. The fourth-order valence-electron chi connectivity index (χ4n) is 5.19. The Labute approximate surface area is 258 Å². The van der Waals surface area contributed by atoms with Crippen molar-refractivity contribution in [3.05, 3.63) is 51.3 Å². The largest absolute Gasteiger partial charge is 0.492 e. The first-order chi connectivity index (χ1) is 20.8. The Kier molecular flexibility index (Phi) is 15.5. The quantitative estimate of drug-likeness (QED) is 0.125. The molecule has 2 N–H and O–H groups in total. The Morgan fingerprint density at radius 3 is 2.00 bits per heavy atom. The Bertz CT molecular complexity index is 1260. The van der Waals surface area contributed by atoms with Crippen LogP contribution in [0, 0.1) is 30.1 Å². The van der Waals surface area contributed by atoms with Crippen molar-refractivity contribution in [3.63, 3.8) is 0 Å². The molecule has 0 fully saturated rings. The number of unbranched alkanes of at least 4 members (excludes halogenated alkanes) is 3. The van der Waals surface area contributed by atoms with Gasteiger partial charge in [0.05, 0.1) is 5.69 Å². The summed E-state index contributed by atoms with van der Waals surface area (Å²) in [6.07, 6.45) is 10.7. The molecule has 0 spiro atoms. The second-order valence-corrected chi connectivity index (χ2v) is 11.5. The van der Waals surface area contributed by atoms with Gasteiger partial charge in [0.1, 0.15) is 11.6 Å². The van der Waals surface area contributed by atoms with Gasteiger partial charge in [-0.15, -0.1) is 5.11 Å². The predicted molar refractivity (Wildman–Crippen MR) is 174 cm³/mol. The fraction of sp³-hybridized carbons (Fsp3) is 0.618. The number of pyridine rings is 1. The molecule has 0 aliphatic rings. The van der Waals surface area contributed by atoms with Crippen molar-refractivity contribution < 1.29 is 9.90 Å². The summed E-state index contributed by atoms with van der Waals surface area (Å²) in [6.45, 7) is 14.4. The van der Waals surface area contributed by atoms with Crippen LogP contribution in [0.1, 0.15) is 120 Å². The van der Waals surface area contributed by atoms with Gasteiger partial charge in [-0.3, -0.25) is 9.59 Å². The molecule has 1 heterocycles. The first kappa shape index (κ1) is 35.5. The molecule has 236 valence electrons. The van der Waals surface area contributed by atoms with Crippen LogP contribution in [-0.4, -0.2) is 40.2 Å². The van der Waals surface area contributed by atoms with Crippen LogP contribution in [0.25, 0.3) is 0 Å². The third-order valence-corrected chi connectivity index (χ3v) is 8.19. The number of amides is 1. The maximum Gasteiger partial charge on any atom is 0.300 e. The number of rotatable bonds is 19. The van der Waals surface area contributed by atoms with Crippen molar-refractivity contribution in [2.24, 2.45) is 22.1 Å². The molecule has 1 aromatic carbocycles. The van der Waals surface area contributed by atoms with Gasteiger partial charge < -0.3 is 15.4 Å². The highest BCUT2D eigenvalue weighted by atomic mass is 16.3. The van der Waals surface area contributed by atoms with Gasteiger partial charge in [-0.05, 0) is 62.3 Å². The summed E-state index contributed by atoms with van der Waals surface area (Å²) in [5, 5.41) is 28.5. The molecule has 1 aromatic heterocycles. The fourth-order valence-corrected chi connectivity index (χ4v) is 5.19. The first-order valence-corrected chi connectivity index (χ1v) is 16.2. The molecule has 0 saturated carbocycles. The van der Waals surface area contributed by atoms with E-state index in [0.717, 1.165) is 69.1 Å². The smallest absolute Gasteiger partial charge is 0.300 e. The van der Waals surface area contributed by atoms with Crippen LogP contribution < -0.4 is 11.0 Å². The van der Waals surface area contributed by atoms with Gasteiger partial charge in [0, 0.05) is 30.8 Å². The minimum Gasteiger partial charge on any atom is -0.492 e. The number of hydrogen-bond acceptors (Lipinski definition) is 7. The van der Waals surface area contributed by atoms with Crippen LogP contribution in [0.5, 0.6) is 5.88 Å². The van der Waals surface area contributed by atoms with Crippen molar-refractivity contribution in [2.75, 3.05) is 25.1 Å². The molecule has 0 radical (unpaired) electrons. The van der Waals surface area contributed by atoms with Gasteiger partial charge in [0.2, 0.25) is 5.88 Å². The zero-order chi connectivity index (χ0) is 31.8. The number of hydrogen-bond donors (Lipinski definition) is 2. The lowest BCUT2D eigenvalue weighted by atomic mass is 9.95. The molecule has 9 heteroatoms. The third-order valence-electron chi connectivity index (χ3n) is 8.19. The molecular formula is C34H52N6O3. The van der Waals surface area contributed by atoms with Gasteiger partial charge in [-0.2, -0.15) is 15.1 Å². The van der Waals surface area contributed by atoms with E-state index in [-0.39, 0.29) is 22.7 Å². The number of nitrogens with zero attached hydrogens (tertiary/aromatic N) is 5. The van der Waals surface area contributed by atoms with E-state index in [0.29, 0.717) is 29.6 Å². The topological polar surface area (TPSA) is 123 Å². The minimum absolute atomic E-state index is 0.0277.